The molecule has 0 spiro atoms. The van der Waals surface area contributed by atoms with Gasteiger partial charge in [-0.3, -0.25) is 14.4 Å². The van der Waals surface area contributed by atoms with Gasteiger partial charge in [-0.2, -0.15) is 0 Å². The molecule has 0 aromatic rings. The molecule has 72 heavy (non-hydrogen) atoms. The molecule has 0 saturated carbocycles. The van der Waals surface area contributed by atoms with E-state index in [1.54, 1.807) is 0 Å². The largest absolute Gasteiger partial charge is 0.462 e. The molecule has 0 aromatic heterocycles. The molecule has 422 valence electrons. The zero-order valence-electron chi connectivity index (χ0n) is 48.5. The number of hydrogen-bond acceptors (Lipinski definition) is 6. The van der Waals surface area contributed by atoms with Gasteiger partial charge in [-0.25, -0.2) is 0 Å². The normalized spacial score (nSPS) is 12.2. The maximum Gasteiger partial charge on any atom is 0.306 e. The summed E-state index contributed by atoms with van der Waals surface area (Å²) in [4.78, 5) is 38.2. The van der Waals surface area contributed by atoms with Gasteiger partial charge in [-0.1, -0.05) is 288 Å². The van der Waals surface area contributed by atoms with Crippen LogP contribution in [0.15, 0.2) is 36.5 Å². The Morgan fingerprint density at radius 2 is 0.500 bits per heavy atom. The minimum atomic E-state index is -0.781. The fraction of sp³-hybridized carbons (Fsp3) is 0.864. The van der Waals surface area contributed by atoms with E-state index in [0.717, 1.165) is 89.9 Å². The fourth-order valence-corrected chi connectivity index (χ4v) is 9.53. The van der Waals surface area contributed by atoms with Gasteiger partial charge in [0.2, 0.25) is 0 Å². The van der Waals surface area contributed by atoms with Gasteiger partial charge in [-0.05, 0) is 77.0 Å². The van der Waals surface area contributed by atoms with E-state index in [1.165, 1.54) is 218 Å². The van der Waals surface area contributed by atoms with Gasteiger partial charge in [0.25, 0.3) is 0 Å². The third kappa shape index (κ3) is 58.5. The topological polar surface area (TPSA) is 78.9 Å². The molecule has 0 N–H and O–H groups in total. The smallest absolute Gasteiger partial charge is 0.306 e. The highest BCUT2D eigenvalue weighted by Crippen LogP contribution is 2.18. The molecule has 0 heterocycles. The molecule has 0 radical (unpaired) electrons. The van der Waals surface area contributed by atoms with Gasteiger partial charge in [0.1, 0.15) is 13.2 Å². The lowest BCUT2D eigenvalue weighted by molar-refractivity contribution is -0.167. The summed E-state index contributed by atoms with van der Waals surface area (Å²) in [5.74, 6) is -0.880. The molecule has 0 saturated heterocycles. The van der Waals surface area contributed by atoms with Crippen LogP contribution in [-0.4, -0.2) is 37.2 Å². The molecule has 0 fully saturated rings. The number of esters is 3. The third-order valence-electron chi connectivity index (χ3n) is 14.4. The molecule has 0 bridgehead atoms. The predicted molar refractivity (Wildman–Crippen MR) is 312 cm³/mol. The summed E-state index contributed by atoms with van der Waals surface area (Å²) < 4.78 is 16.9. The Hall–Kier alpha value is -2.37. The zero-order chi connectivity index (χ0) is 52.2. The van der Waals surface area contributed by atoms with Crippen molar-refractivity contribution in [2.75, 3.05) is 13.2 Å². The van der Waals surface area contributed by atoms with Crippen LogP contribution in [0, 0.1) is 0 Å². The Bertz CT molecular complexity index is 1210. The number of allylic oxidation sites excluding steroid dienone is 6. The number of unbranched alkanes of at least 4 members (excludes halogenated alkanes) is 42. The van der Waals surface area contributed by atoms with Crippen LogP contribution >= 0.6 is 0 Å². The fourth-order valence-electron chi connectivity index (χ4n) is 9.53. The summed E-state index contributed by atoms with van der Waals surface area (Å²) in [6, 6.07) is 0. The van der Waals surface area contributed by atoms with Crippen LogP contribution in [0.2, 0.25) is 0 Å². The number of ether oxygens (including phenoxy) is 3. The molecule has 0 aromatic carbocycles. The van der Waals surface area contributed by atoms with E-state index >= 15 is 0 Å². The minimum Gasteiger partial charge on any atom is -0.462 e. The molecule has 1 atom stereocenters. The number of carbonyl (C=O) groups is 3. The van der Waals surface area contributed by atoms with Gasteiger partial charge >= 0.3 is 17.9 Å². The van der Waals surface area contributed by atoms with Crippen LogP contribution in [0.3, 0.4) is 0 Å². The van der Waals surface area contributed by atoms with E-state index in [4.69, 9.17) is 14.2 Å². The predicted octanol–water partition coefficient (Wildman–Crippen LogP) is 21.6. The first-order valence-corrected chi connectivity index (χ1v) is 32.0. The Balaban J connectivity index is 4.20. The number of carbonyl (C=O) groups excluding carboxylic acids is 3. The molecule has 0 aliphatic heterocycles. The van der Waals surface area contributed by atoms with Crippen molar-refractivity contribution in [3.8, 4) is 0 Å². The van der Waals surface area contributed by atoms with Gasteiger partial charge in [0.15, 0.2) is 6.10 Å². The van der Waals surface area contributed by atoms with E-state index in [-0.39, 0.29) is 31.1 Å². The monoisotopic (exact) mass is 1010 g/mol. The average molecular weight is 1010 g/mol. The lowest BCUT2D eigenvalue weighted by Gasteiger charge is -2.18. The quantitative estimate of drug-likeness (QED) is 0.0261. The zero-order valence-corrected chi connectivity index (χ0v) is 48.5. The summed E-state index contributed by atoms with van der Waals surface area (Å²) in [5, 5.41) is 0. The summed E-state index contributed by atoms with van der Waals surface area (Å²) in [5.41, 5.74) is 0. The van der Waals surface area contributed by atoms with Crippen LogP contribution in [0.1, 0.15) is 348 Å². The van der Waals surface area contributed by atoms with Crippen molar-refractivity contribution in [3.05, 3.63) is 36.5 Å². The molecule has 6 heteroatoms. The second kappa shape index (κ2) is 61.2. The first-order valence-electron chi connectivity index (χ1n) is 32.0. The molecular formula is C66H122O6. The molecule has 0 amide bonds. The number of rotatable bonds is 59. The summed E-state index contributed by atoms with van der Waals surface area (Å²) in [6.07, 6.45) is 74.5. The molecule has 6 nitrogen and oxygen atoms in total. The van der Waals surface area contributed by atoms with Crippen LogP contribution in [0.25, 0.3) is 0 Å². The number of hydrogen-bond donors (Lipinski definition) is 0. The summed E-state index contributed by atoms with van der Waals surface area (Å²) in [7, 11) is 0. The SMILES string of the molecule is CCCCC/C=C\CCCCCCCC(=O)OCC(COC(=O)CCCCCCCCCCCCCCCCCCCCCCCCCCCC)OC(=O)CCCCCCC/C=C\C/C=C\CCCCCC. The van der Waals surface area contributed by atoms with E-state index < -0.39 is 6.10 Å². The van der Waals surface area contributed by atoms with E-state index in [0.29, 0.717) is 19.3 Å². The summed E-state index contributed by atoms with van der Waals surface area (Å²) in [6.45, 7) is 6.63. The maximum absolute atomic E-state index is 12.9. The van der Waals surface area contributed by atoms with Crippen molar-refractivity contribution in [2.45, 2.75) is 354 Å². The standard InChI is InChI=1S/C66H122O6/c1-4-7-10-13-16-19-22-25-27-29-30-31-32-33-34-35-36-37-38-40-41-44-47-50-53-56-59-65(68)71-62-63(61-70-64(67)58-55-52-49-46-43-24-21-18-15-12-9-6-3)72-66(69)60-57-54-51-48-45-42-39-28-26-23-20-17-14-11-8-5-2/h18,20-21,23,28,39,63H,4-17,19,22,24-27,29-38,40-62H2,1-3H3/b21-18-,23-20-,39-28-. The van der Waals surface area contributed by atoms with Gasteiger partial charge in [0.05, 0.1) is 0 Å². The van der Waals surface area contributed by atoms with Gasteiger partial charge in [-0.15, -0.1) is 0 Å². The third-order valence-corrected chi connectivity index (χ3v) is 14.4. The first kappa shape index (κ1) is 69.6. The molecule has 0 aliphatic carbocycles. The van der Waals surface area contributed by atoms with Crippen molar-refractivity contribution >= 4 is 17.9 Å². The van der Waals surface area contributed by atoms with Crippen molar-refractivity contribution in [2.24, 2.45) is 0 Å². The molecule has 0 aliphatic rings. The van der Waals surface area contributed by atoms with Crippen LogP contribution in [-0.2, 0) is 28.6 Å². The van der Waals surface area contributed by atoms with Crippen molar-refractivity contribution < 1.29 is 28.6 Å². The average Bonchev–Trinajstić information content (AvgIpc) is 3.38. The van der Waals surface area contributed by atoms with Crippen LogP contribution < -0.4 is 0 Å². The van der Waals surface area contributed by atoms with Crippen LogP contribution in [0.5, 0.6) is 0 Å². The summed E-state index contributed by atoms with van der Waals surface area (Å²) >= 11 is 0. The van der Waals surface area contributed by atoms with E-state index in [1.807, 2.05) is 0 Å². The van der Waals surface area contributed by atoms with E-state index in [9.17, 15) is 14.4 Å². The Morgan fingerprint density at radius 1 is 0.278 bits per heavy atom. The highest BCUT2D eigenvalue weighted by atomic mass is 16.6. The lowest BCUT2D eigenvalue weighted by Crippen LogP contribution is -2.30. The Kier molecular flexibility index (Phi) is 59.2. The minimum absolute atomic E-state index is 0.0767. The Morgan fingerprint density at radius 3 is 0.819 bits per heavy atom. The van der Waals surface area contributed by atoms with Crippen molar-refractivity contribution in [1.29, 1.82) is 0 Å². The van der Waals surface area contributed by atoms with Crippen LogP contribution in [0.4, 0.5) is 0 Å². The Labute approximate surface area is 448 Å². The highest BCUT2D eigenvalue weighted by Gasteiger charge is 2.19. The maximum atomic E-state index is 12.9. The first-order chi connectivity index (χ1) is 35.5. The van der Waals surface area contributed by atoms with Gasteiger partial charge in [0, 0.05) is 19.3 Å². The van der Waals surface area contributed by atoms with Crippen molar-refractivity contribution in [3.63, 3.8) is 0 Å². The molecule has 1 unspecified atom stereocenters. The highest BCUT2D eigenvalue weighted by molar-refractivity contribution is 5.71. The van der Waals surface area contributed by atoms with Crippen molar-refractivity contribution in [1.82, 2.24) is 0 Å². The second-order valence-corrected chi connectivity index (χ2v) is 21.7. The molecule has 0 rings (SSSR count). The lowest BCUT2D eigenvalue weighted by atomic mass is 10.0. The van der Waals surface area contributed by atoms with Gasteiger partial charge < -0.3 is 14.2 Å². The molecular weight excluding hydrogens is 889 g/mol. The second-order valence-electron chi connectivity index (χ2n) is 21.7. The van der Waals surface area contributed by atoms with E-state index in [2.05, 4.69) is 57.2 Å².